The molecule has 0 radical (unpaired) electrons. The van der Waals surface area contributed by atoms with Gasteiger partial charge in [-0.3, -0.25) is 4.68 Å². The molecule has 0 unspecified atom stereocenters. The number of rotatable bonds is 3. The lowest BCUT2D eigenvalue weighted by molar-refractivity contribution is 0.765. The van der Waals surface area contributed by atoms with Crippen LogP contribution in [-0.4, -0.2) is 19.3 Å². The molecule has 0 saturated heterocycles. The Balaban J connectivity index is 1.96. The molecule has 4 rings (SSSR count). The van der Waals surface area contributed by atoms with Crippen molar-refractivity contribution in [1.29, 1.82) is 0 Å². The number of fused-ring (bicyclic) bond motifs is 1. The van der Waals surface area contributed by atoms with Gasteiger partial charge in [-0.05, 0) is 30.5 Å². The third kappa shape index (κ3) is 1.74. The number of nitrogens with two attached hydrogens (primary N) is 1. The van der Waals surface area contributed by atoms with E-state index in [0.29, 0.717) is 12.6 Å². The molecule has 2 heterocycles. The molecule has 20 heavy (non-hydrogen) atoms. The molecule has 102 valence electrons. The summed E-state index contributed by atoms with van der Waals surface area (Å²) >= 11 is 0. The zero-order chi connectivity index (χ0) is 13.7. The molecule has 3 aromatic rings. The van der Waals surface area contributed by atoms with Crippen molar-refractivity contribution < 1.29 is 0 Å². The number of hydrogen-bond donors (Lipinski definition) is 1. The Hall–Kier alpha value is -2.14. The largest absolute Gasteiger partial charge is 0.326 e. The lowest BCUT2D eigenvalue weighted by atomic mass is 10.2. The Morgan fingerprint density at radius 2 is 2.20 bits per heavy atom. The molecule has 1 aliphatic rings. The summed E-state index contributed by atoms with van der Waals surface area (Å²) in [6.45, 7) is 0.550. The summed E-state index contributed by atoms with van der Waals surface area (Å²) in [7, 11) is 1.93. The van der Waals surface area contributed by atoms with Gasteiger partial charge in [-0.1, -0.05) is 6.07 Å². The number of aromatic nitrogens is 4. The molecule has 0 amide bonds. The molecule has 2 N–H and O–H groups in total. The quantitative estimate of drug-likeness (QED) is 0.791. The fourth-order valence-electron chi connectivity index (χ4n) is 2.71. The zero-order valence-corrected chi connectivity index (χ0v) is 11.5. The van der Waals surface area contributed by atoms with Gasteiger partial charge in [0.05, 0.1) is 22.8 Å². The molecular weight excluding hydrogens is 250 g/mol. The summed E-state index contributed by atoms with van der Waals surface area (Å²) in [5.41, 5.74) is 10.1. The molecular formula is C15H17N5. The van der Waals surface area contributed by atoms with Crippen LogP contribution in [0.1, 0.15) is 24.4 Å². The van der Waals surface area contributed by atoms with Crippen molar-refractivity contribution in [2.45, 2.75) is 25.4 Å². The van der Waals surface area contributed by atoms with Crippen molar-refractivity contribution in [3.05, 3.63) is 36.2 Å². The number of nitrogens with zero attached hydrogens (tertiary/aromatic N) is 4. The molecule has 1 fully saturated rings. The Kier molecular flexibility index (Phi) is 2.44. The Labute approximate surface area is 117 Å². The van der Waals surface area contributed by atoms with E-state index in [9.17, 15) is 0 Å². The standard InChI is InChI=1S/C15H17N5/c1-19-9-11(8-17-19)15-18-13-6-10(7-16)2-5-14(13)20(15)12-3-4-12/h2,5-6,8-9,12H,3-4,7,16H2,1H3. The molecule has 2 aromatic heterocycles. The zero-order valence-electron chi connectivity index (χ0n) is 11.5. The second-order valence-electron chi connectivity index (χ2n) is 5.47. The predicted molar refractivity (Wildman–Crippen MR) is 78.1 cm³/mol. The number of aryl methyl sites for hydroxylation is 1. The van der Waals surface area contributed by atoms with Crippen LogP contribution < -0.4 is 5.73 Å². The highest BCUT2D eigenvalue weighted by atomic mass is 15.2. The molecule has 0 bridgehead atoms. The van der Waals surface area contributed by atoms with Crippen molar-refractivity contribution in [3.8, 4) is 11.4 Å². The third-order valence-electron chi connectivity index (χ3n) is 3.86. The molecule has 0 aliphatic heterocycles. The second-order valence-corrected chi connectivity index (χ2v) is 5.47. The van der Waals surface area contributed by atoms with Crippen molar-refractivity contribution >= 4 is 11.0 Å². The van der Waals surface area contributed by atoms with Gasteiger partial charge in [0.1, 0.15) is 5.82 Å². The van der Waals surface area contributed by atoms with Crippen LogP contribution in [-0.2, 0) is 13.6 Å². The minimum Gasteiger partial charge on any atom is -0.326 e. The first-order chi connectivity index (χ1) is 9.76. The highest BCUT2D eigenvalue weighted by Gasteiger charge is 2.29. The van der Waals surface area contributed by atoms with Crippen LogP contribution in [0.5, 0.6) is 0 Å². The molecule has 0 spiro atoms. The fourth-order valence-corrected chi connectivity index (χ4v) is 2.71. The summed E-state index contributed by atoms with van der Waals surface area (Å²) < 4.78 is 4.17. The van der Waals surface area contributed by atoms with Gasteiger partial charge < -0.3 is 10.3 Å². The van der Waals surface area contributed by atoms with Gasteiger partial charge in [0.25, 0.3) is 0 Å². The second kappa shape index (κ2) is 4.18. The highest BCUT2D eigenvalue weighted by Crippen LogP contribution is 2.41. The van der Waals surface area contributed by atoms with Crippen LogP contribution in [0.25, 0.3) is 22.4 Å². The normalized spacial score (nSPS) is 15.1. The maximum absolute atomic E-state index is 5.72. The summed E-state index contributed by atoms with van der Waals surface area (Å²) in [5.74, 6) is 1.02. The number of imidazole rings is 1. The number of benzene rings is 1. The average Bonchev–Trinajstić information content (AvgIpc) is 3.09. The molecule has 5 nitrogen and oxygen atoms in total. The maximum Gasteiger partial charge on any atom is 0.144 e. The first kappa shape index (κ1) is 11.7. The monoisotopic (exact) mass is 267 g/mol. The summed E-state index contributed by atoms with van der Waals surface area (Å²) in [5, 5.41) is 4.26. The van der Waals surface area contributed by atoms with Gasteiger partial charge in [0.15, 0.2) is 0 Å². The predicted octanol–water partition coefficient (Wildman–Crippen LogP) is 2.23. The molecule has 1 aliphatic carbocycles. The van der Waals surface area contributed by atoms with E-state index in [1.54, 1.807) is 0 Å². The molecule has 5 heteroatoms. The summed E-state index contributed by atoms with van der Waals surface area (Å²) in [4.78, 5) is 4.82. The van der Waals surface area contributed by atoms with Gasteiger partial charge in [0, 0.05) is 25.8 Å². The van der Waals surface area contributed by atoms with Crippen LogP contribution in [0.2, 0.25) is 0 Å². The van der Waals surface area contributed by atoms with E-state index in [1.165, 1.54) is 18.4 Å². The van der Waals surface area contributed by atoms with Crippen molar-refractivity contribution in [2.75, 3.05) is 0 Å². The van der Waals surface area contributed by atoms with Crippen LogP contribution in [0.15, 0.2) is 30.6 Å². The SMILES string of the molecule is Cn1cc(-c2nc3cc(CN)ccc3n2C2CC2)cn1. The minimum absolute atomic E-state index is 0.550. The summed E-state index contributed by atoms with van der Waals surface area (Å²) in [6.07, 6.45) is 6.36. The first-order valence-corrected chi connectivity index (χ1v) is 6.96. The smallest absolute Gasteiger partial charge is 0.144 e. The van der Waals surface area contributed by atoms with Gasteiger partial charge in [-0.2, -0.15) is 5.10 Å². The van der Waals surface area contributed by atoms with E-state index < -0.39 is 0 Å². The van der Waals surface area contributed by atoms with Crippen LogP contribution in [0.3, 0.4) is 0 Å². The lowest BCUT2D eigenvalue weighted by Gasteiger charge is -2.06. The summed E-state index contributed by atoms with van der Waals surface area (Å²) in [6, 6.07) is 6.91. The van der Waals surface area contributed by atoms with Crippen molar-refractivity contribution in [2.24, 2.45) is 12.8 Å². The van der Waals surface area contributed by atoms with Gasteiger partial charge >= 0.3 is 0 Å². The Bertz CT molecular complexity index is 779. The highest BCUT2D eigenvalue weighted by molar-refractivity contribution is 5.81. The fraction of sp³-hybridized carbons (Fsp3) is 0.333. The molecule has 1 aromatic carbocycles. The van der Waals surface area contributed by atoms with E-state index >= 15 is 0 Å². The van der Waals surface area contributed by atoms with Crippen LogP contribution in [0.4, 0.5) is 0 Å². The third-order valence-corrected chi connectivity index (χ3v) is 3.86. The maximum atomic E-state index is 5.72. The van der Waals surface area contributed by atoms with E-state index in [0.717, 1.165) is 22.5 Å². The van der Waals surface area contributed by atoms with Crippen molar-refractivity contribution in [1.82, 2.24) is 19.3 Å². The van der Waals surface area contributed by atoms with Crippen molar-refractivity contribution in [3.63, 3.8) is 0 Å². The van der Waals surface area contributed by atoms with Gasteiger partial charge in [0.2, 0.25) is 0 Å². The van der Waals surface area contributed by atoms with Crippen LogP contribution >= 0.6 is 0 Å². The topological polar surface area (TPSA) is 61.7 Å². The molecule has 1 saturated carbocycles. The Morgan fingerprint density at radius 3 is 2.85 bits per heavy atom. The van der Waals surface area contributed by atoms with E-state index in [1.807, 2.05) is 24.1 Å². The average molecular weight is 267 g/mol. The van der Waals surface area contributed by atoms with Crippen LogP contribution in [0, 0.1) is 0 Å². The van der Waals surface area contributed by atoms with E-state index in [-0.39, 0.29) is 0 Å². The van der Waals surface area contributed by atoms with E-state index in [4.69, 9.17) is 10.7 Å². The lowest BCUT2D eigenvalue weighted by Crippen LogP contribution is -1.98. The minimum atomic E-state index is 0.550. The number of hydrogen-bond acceptors (Lipinski definition) is 3. The van der Waals surface area contributed by atoms with E-state index in [2.05, 4.69) is 27.9 Å². The van der Waals surface area contributed by atoms with Gasteiger partial charge in [-0.15, -0.1) is 0 Å². The van der Waals surface area contributed by atoms with Gasteiger partial charge in [-0.25, -0.2) is 4.98 Å². The molecule has 0 atom stereocenters. The Morgan fingerprint density at radius 1 is 1.35 bits per heavy atom. The first-order valence-electron chi connectivity index (χ1n) is 6.96.